The molecule has 1 aromatic rings. The Morgan fingerprint density at radius 3 is 2.89 bits per heavy atom. The van der Waals surface area contributed by atoms with Crippen molar-refractivity contribution in [3.05, 3.63) is 29.3 Å². The molecule has 1 aromatic carbocycles. The first-order valence-corrected chi connectivity index (χ1v) is 6.11. The minimum absolute atomic E-state index is 0.230. The van der Waals surface area contributed by atoms with Crippen LogP contribution in [0.15, 0.2) is 18.2 Å². The van der Waals surface area contributed by atoms with Gasteiger partial charge in [0.05, 0.1) is 6.61 Å². The van der Waals surface area contributed by atoms with Crippen LogP contribution in [0.1, 0.15) is 15.9 Å². The number of nitrogens with two attached hydrogens (primary N) is 1. The van der Waals surface area contributed by atoms with Gasteiger partial charge in [0.1, 0.15) is 6.10 Å². The number of carbonyl (C=O) groups is 2. The van der Waals surface area contributed by atoms with Crippen LogP contribution in [0, 0.1) is 6.92 Å². The van der Waals surface area contributed by atoms with E-state index in [9.17, 15) is 9.59 Å². The van der Waals surface area contributed by atoms with Gasteiger partial charge < -0.3 is 21.1 Å². The first kappa shape index (κ1) is 13.5. The van der Waals surface area contributed by atoms with E-state index >= 15 is 0 Å². The van der Waals surface area contributed by atoms with Crippen LogP contribution in [0.25, 0.3) is 0 Å². The topological polar surface area (TPSA) is 93.4 Å². The molecule has 1 unspecified atom stereocenters. The summed E-state index contributed by atoms with van der Waals surface area (Å²) in [5, 5.41) is 5.80. The van der Waals surface area contributed by atoms with Gasteiger partial charge in [-0.3, -0.25) is 9.59 Å². The number of hydrogen-bond donors (Lipinski definition) is 3. The fourth-order valence-corrected chi connectivity index (χ4v) is 1.92. The molecule has 1 heterocycles. The van der Waals surface area contributed by atoms with Crippen LogP contribution >= 0.6 is 0 Å². The van der Waals surface area contributed by atoms with Gasteiger partial charge in [-0.1, -0.05) is 6.07 Å². The van der Waals surface area contributed by atoms with Gasteiger partial charge in [-0.05, 0) is 24.6 Å². The Morgan fingerprint density at radius 2 is 2.26 bits per heavy atom. The molecule has 19 heavy (non-hydrogen) atoms. The molecule has 1 aliphatic rings. The molecule has 1 atom stereocenters. The molecule has 1 fully saturated rings. The second-order valence-corrected chi connectivity index (χ2v) is 4.45. The number of anilines is 1. The standard InChI is InChI=1S/C13H17N3O3/c1-8-2-3-9(6-10(8)12(14)17)16-13(18)11-7-15-4-5-19-11/h2-3,6,11,15H,4-5,7H2,1H3,(H2,14,17)(H,16,18). The average molecular weight is 263 g/mol. The number of benzene rings is 1. The Bertz CT molecular complexity index is 496. The minimum atomic E-state index is -0.510. The van der Waals surface area contributed by atoms with Gasteiger partial charge in [-0.2, -0.15) is 0 Å². The fraction of sp³-hybridized carbons (Fsp3) is 0.385. The van der Waals surface area contributed by atoms with Crippen LogP contribution in [0.5, 0.6) is 0 Å². The number of rotatable bonds is 3. The van der Waals surface area contributed by atoms with Crippen molar-refractivity contribution in [3.8, 4) is 0 Å². The molecule has 0 bridgehead atoms. The lowest BCUT2D eigenvalue weighted by atomic mass is 10.1. The highest BCUT2D eigenvalue weighted by Crippen LogP contribution is 2.15. The van der Waals surface area contributed by atoms with Gasteiger partial charge in [0.15, 0.2) is 0 Å². The average Bonchev–Trinajstić information content (AvgIpc) is 2.41. The van der Waals surface area contributed by atoms with Crippen molar-refractivity contribution in [3.63, 3.8) is 0 Å². The van der Waals surface area contributed by atoms with E-state index in [1.807, 2.05) is 0 Å². The smallest absolute Gasteiger partial charge is 0.254 e. The number of aryl methyl sites for hydroxylation is 1. The minimum Gasteiger partial charge on any atom is -0.366 e. The van der Waals surface area contributed by atoms with E-state index in [-0.39, 0.29) is 5.91 Å². The monoisotopic (exact) mass is 263 g/mol. The first-order chi connectivity index (χ1) is 9.08. The van der Waals surface area contributed by atoms with Crippen molar-refractivity contribution in [1.82, 2.24) is 5.32 Å². The summed E-state index contributed by atoms with van der Waals surface area (Å²) in [5.74, 6) is -0.740. The van der Waals surface area contributed by atoms with Gasteiger partial charge in [0.2, 0.25) is 5.91 Å². The van der Waals surface area contributed by atoms with Crippen LogP contribution in [0.3, 0.4) is 0 Å². The second kappa shape index (κ2) is 5.81. The Kier molecular flexibility index (Phi) is 4.13. The zero-order valence-electron chi connectivity index (χ0n) is 10.7. The van der Waals surface area contributed by atoms with Gasteiger partial charge >= 0.3 is 0 Å². The molecule has 6 heteroatoms. The lowest BCUT2D eigenvalue weighted by Crippen LogP contribution is -2.45. The number of nitrogens with one attached hydrogen (secondary N) is 2. The Morgan fingerprint density at radius 1 is 1.47 bits per heavy atom. The predicted molar refractivity (Wildman–Crippen MR) is 70.9 cm³/mol. The van der Waals surface area contributed by atoms with Gasteiger partial charge in [-0.25, -0.2) is 0 Å². The van der Waals surface area contributed by atoms with E-state index in [1.165, 1.54) is 0 Å². The third-order valence-corrected chi connectivity index (χ3v) is 2.99. The molecule has 0 radical (unpaired) electrons. The summed E-state index contributed by atoms with van der Waals surface area (Å²) in [7, 11) is 0. The Hall–Kier alpha value is -1.92. The largest absolute Gasteiger partial charge is 0.366 e. The highest BCUT2D eigenvalue weighted by atomic mass is 16.5. The molecule has 2 rings (SSSR count). The van der Waals surface area contributed by atoms with E-state index in [4.69, 9.17) is 10.5 Å². The molecule has 1 saturated heterocycles. The van der Waals surface area contributed by atoms with Gasteiger partial charge in [-0.15, -0.1) is 0 Å². The summed E-state index contributed by atoms with van der Waals surface area (Å²) in [4.78, 5) is 23.2. The number of hydrogen-bond acceptors (Lipinski definition) is 4. The Balaban J connectivity index is 2.08. The number of carbonyl (C=O) groups excluding carboxylic acids is 2. The SMILES string of the molecule is Cc1ccc(NC(=O)C2CNCCO2)cc1C(N)=O. The summed E-state index contributed by atoms with van der Waals surface area (Å²) in [5.41, 5.74) is 6.99. The molecule has 0 aliphatic carbocycles. The fourth-order valence-electron chi connectivity index (χ4n) is 1.92. The summed E-state index contributed by atoms with van der Waals surface area (Å²) >= 11 is 0. The van der Waals surface area contributed by atoms with Crippen molar-refractivity contribution >= 4 is 17.5 Å². The quantitative estimate of drug-likeness (QED) is 0.716. The third kappa shape index (κ3) is 3.30. The van der Waals surface area contributed by atoms with Gasteiger partial charge in [0, 0.05) is 24.3 Å². The zero-order valence-corrected chi connectivity index (χ0v) is 10.7. The summed E-state index contributed by atoms with van der Waals surface area (Å²) < 4.78 is 5.35. The molecule has 0 saturated carbocycles. The summed E-state index contributed by atoms with van der Waals surface area (Å²) in [6.45, 7) is 3.54. The van der Waals surface area contributed by atoms with Crippen molar-refractivity contribution in [2.45, 2.75) is 13.0 Å². The van der Waals surface area contributed by atoms with Crippen LogP contribution in [-0.2, 0) is 9.53 Å². The lowest BCUT2D eigenvalue weighted by Gasteiger charge is -2.22. The number of primary amides is 1. The summed E-state index contributed by atoms with van der Waals surface area (Å²) in [6.07, 6.45) is -0.507. The second-order valence-electron chi connectivity index (χ2n) is 4.45. The Labute approximate surface area is 111 Å². The number of amides is 2. The van der Waals surface area contributed by atoms with E-state index in [0.717, 1.165) is 12.1 Å². The van der Waals surface area contributed by atoms with Crippen LogP contribution < -0.4 is 16.4 Å². The third-order valence-electron chi connectivity index (χ3n) is 2.99. The molecule has 1 aliphatic heterocycles. The maximum Gasteiger partial charge on any atom is 0.254 e. The van der Waals surface area contributed by atoms with E-state index in [1.54, 1.807) is 25.1 Å². The van der Waals surface area contributed by atoms with Crippen molar-refractivity contribution in [2.75, 3.05) is 25.0 Å². The predicted octanol–water partition coefficient (Wildman–Crippen LogP) is 0.0208. The molecule has 4 N–H and O–H groups in total. The van der Waals surface area contributed by atoms with Crippen LogP contribution in [0.4, 0.5) is 5.69 Å². The van der Waals surface area contributed by atoms with Crippen molar-refractivity contribution in [2.24, 2.45) is 5.73 Å². The molecule has 0 spiro atoms. The molecule has 2 amide bonds. The molecular formula is C13H17N3O3. The maximum absolute atomic E-state index is 11.9. The van der Waals surface area contributed by atoms with Crippen LogP contribution in [-0.4, -0.2) is 37.6 Å². The summed E-state index contributed by atoms with van der Waals surface area (Å²) in [6, 6.07) is 5.05. The van der Waals surface area contributed by atoms with E-state index in [2.05, 4.69) is 10.6 Å². The molecular weight excluding hydrogens is 246 g/mol. The molecule has 0 aromatic heterocycles. The molecule has 102 valence electrons. The number of ether oxygens (including phenoxy) is 1. The maximum atomic E-state index is 11.9. The van der Waals surface area contributed by atoms with Gasteiger partial charge in [0.25, 0.3) is 5.91 Å². The van der Waals surface area contributed by atoms with E-state index in [0.29, 0.717) is 24.4 Å². The van der Waals surface area contributed by atoms with Crippen molar-refractivity contribution < 1.29 is 14.3 Å². The normalized spacial score (nSPS) is 18.9. The highest BCUT2D eigenvalue weighted by Gasteiger charge is 2.21. The molecule has 6 nitrogen and oxygen atoms in total. The first-order valence-electron chi connectivity index (χ1n) is 6.11. The van der Waals surface area contributed by atoms with Crippen molar-refractivity contribution in [1.29, 1.82) is 0 Å². The lowest BCUT2D eigenvalue weighted by molar-refractivity contribution is -0.128. The van der Waals surface area contributed by atoms with Crippen LogP contribution in [0.2, 0.25) is 0 Å². The number of morpholine rings is 1. The van der Waals surface area contributed by atoms with E-state index < -0.39 is 12.0 Å². The highest BCUT2D eigenvalue weighted by molar-refractivity contribution is 5.98. The zero-order chi connectivity index (χ0) is 13.8.